The highest BCUT2D eigenvalue weighted by atomic mass is 127. The van der Waals surface area contributed by atoms with E-state index in [4.69, 9.17) is 4.99 Å². The van der Waals surface area contributed by atoms with E-state index in [0.717, 1.165) is 24.6 Å². The number of hydrogen-bond acceptors (Lipinski definition) is 2. The lowest BCUT2D eigenvalue weighted by Gasteiger charge is -2.30. The maximum absolute atomic E-state index is 11.7. The summed E-state index contributed by atoms with van der Waals surface area (Å²) in [6, 6.07) is 18.5. The molecule has 1 saturated carbocycles. The average molecular weight is 520 g/mol. The summed E-state index contributed by atoms with van der Waals surface area (Å²) in [5, 5.41) is 9.59. The second-order valence-corrected chi connectivity index (χ2v) is 7.68. The van der Waals surface area contributed by atoms with Crippen molar-refractivity contribution >= 4 is 35.8 Å². The normalized spacial score (nSPS) is 15.2. The maximum atomic E-state index is 11.7. The Morgan fingerprint density at radius 1 is 1.00 bits per heavy atom. The first-order valence-electron chi connectivity index (χ1n) is 10.6. The fourth-order valence-corrected chi connectivity index (χ4v) is 4.08. The summed E-state index contributed by atoms with van der Waals surface area (Å²) >= 11 is 0. The van der Waals surface area contributed by atoms with Gasteiger partial charge in [0.25, 0.3) is 5.91 Å². The molecule has 3 rings (SSSR count). The molecule has 0 atom stereocenters. The smallest absolute Gasteiger partial charge is 0.251 e. The first-order chi connectivity index (χ1) is 14.2. The SMILES string of the molecule is CCNC(=NCc1ccc(C(=O)NC)cc1)NCC1(c2ccccc2)CCCC1.I. The van der Waals surface area contributed by atoms with Crippen molar-refractivity contribution in [3.05, 3.63) is 71.3 Å². The van der Waals surface area contributed by atoms with E-state index in [-0.39, 0.29) is 35.3 Å². The van der Waals surface area contributed by atoms with E-state index in [9.17, 15) is 4.79 Å². The van der Waals surface area contributed by atoms with E-state index in [0.29, 0.717) is 12.1 Å². The number of carbonyl (C=O) groups excluding carboxylic acids is 1. The van der Waals surface area contributed by atoms with Gasteiger partial charge in [-0.3, -0.25) is 4.79 Å². The standard InChI is InChI=1S/C24H32N4O.HI/c1-3-26-23(27-17-19-11-13-20(14-12-19)22(29)25-2)28-18-24(15-7-8-16-24)21-9-5-4-6-10-21;/h4-6,9-14H,3,7-8,15-18H2,1-2H3,(H,25,29)(H2,26,27,28);1H. The van der Waals surface area contributed by atoms with Gasteiger partial charge in [-0.25, -0.2) is 4.99 Å². The van der Waals surface area contributed by atoms with E-state index >= 15 is 0 Å². The number of guanidine groups is 1. The van der Waals surface area contributed by atoms with E-state index in [1.807, 2.05) is 24.3 Å². The van der Waals surface area contributed by atoms with Gasteiger partial charge in [-0.1, -0.05) is 55.3 Å². The van der Waals surface area contributed by atoms with Crippen LogP contribution in [-0.4, -0.2) is 32.0 Å². The molecule has 0 heterocycles. The monoisotopic (exact) mass is 520 g/mol. The van der Waals surface area contributed by atoms with Gasteiger partial charge in [-0.2, -0.15) is 0 Å². The van der Waals surface area contributed by atoms with Gasteiger partial charge in [-0.05, 0) is 43.0 Å². The molecule has 0 spiro atoms. The van der Waals surface area contributed by atoms with Crippen molar-refractivity contribution in [2.75, 3.05) is 20.1 Å². The minimum Gasteiger partial charge on any atom is -0.357 e. The average Bonchev–Trinajstić information content (AvgIpc) is 3.26. The molecule has 6 heteroatoms. The van der Waals surface area contributed by atoms with E-state index in [1.54, 1.807) is 7.05 Å². The topological polar surface area (TPSA) is 65.5 Å². The molecule has 0 bridgehead atoms. The fraction of sp³-hybridized carbons (Fsp3) is 0.417. The van der Waals surface area contributed by atoms with E-state index < -0.39 is 0 Å². The molecule has 30 heavy (non-hydrogen) atoms. The molecule has 0 aromatic heterocycles. The van der Waals surface area contributed by atoms with Crippen LogP contribution in [0.1, 0.15) is 54.1 Å². The predicted molar refractivity (Wildman–Crippen MR) is 135 cm³/mol. The third-order valence-corrected chi connectivity index (χ3v) is 5.75. The van der Waals surface area contributed by atoms with Gasteiger partial charge in [0.1, 0.15) is 0 Å². The zero-order chi connectivity index (χ0) is 20.5. The van der Waals surface area contributed by atoms with Crippen molar-refractivity contribution in [2.45, 2.75) is 44.6 Å². The number of rotatable bonds is 7. The molecule has 0 saturated heterocycles. The lowest BCUT2D eigenvalue weighted by atomic mass is 9.79. The summed E-state index contributed by atoms with van der Waals surface area (Å²) in [5.74, 6) is 0.767. The van der Waals surface area contributed by atoms with Crippen LogP contribution in [-0.2, 0) is 12.0 Å². The van der Waals surface area contributed by atoms with Crippen LogP contribution >= 0.6 is 24.0 Å². The first kappa shape index (κ1) is 24.2. The molecule has 1 fully saturated rings. The number of amides is 1. The Kier molecular flexibility index (Phi) is 9.62. The Balaban J connectivity index is 0.00000320. The second-order valence-electron chi connectivity index (χ2n) is 7.68. The zero-order valence-electron chi connectivity index (χ0n) is 17.9. The molecule has 162 valence electrons. The summed E-state index contributed by atoms with van der Waals surface area (Å²) < 4.78 is 0. The minimum absolute atomic E-state index is 0. The Hall–Kier alpha value is -2.09. The zero-order valence-corrected chi connectivity index (χ0v) is 20.2. The molecule has 0 unspecified atom stereocenters. The van der Waals surface area contributed by atoms with Gasteiger partial charge in [0, 0.05) is 31.1 Å². The van der Waals surface area contributed by atoms with Crippen LogP contribution in [0.4, 0.5) is 0 Å². The summed E-state index contributed by atoms with van der Waals surface area (Å²) in [4.78, 5) is 16.4. The first-order valence-corrected chi connectivity index (χ1v) is 10.6. The highest BCUT2D eigenvalue weighted by Gasteiger charge is 2.35. The number of carbonyl (C=O) groups is 1. The Labute approximate surface area is 197 Å². The molecule has 5 nitrogen and oxygen atoms in total. The molecule has 3 N–H and O–H groups in total. The molecular weight excluding hydrogens is 487 g/mol. The van der Waals surface area contributed by atoms with Gasteiger partial charge in [0.05, 0.1) is 6.54 Å². The van der Waals surface area contributed by atoms with Crippen LogP contribution in [0.2, 0.25) is 0 Å². The van der Waals surface area contributed by atoms with Crippen molar-refractivity contribution in [1.82, 2.24) is 16.0 Å². The number of benzene rings is 2. The van der Waals surface area contributed by atoms with Crippen molar-refractivity contribution in [3.8, 4) is 0 Å². The lowest BCUT2D eigenvalue weighted by molar-refractivity contribution is 0.0963. The molecule has 0 aliphatic heterocycles. The van der Waals surface area contributed by atoms with Crippen molar-refractivity contribution in [1.29, 1.82) is 0 Å². The molecule has 2 aromatic rings. The van der Waals surface area contributed by atoms with Crippen LogP contribution in [0, 0.1) is 0 Å². The van der Waals surface area contributed by atoms with Gasteiger partial charge in [0.2, 0.25) is 0 Å². The van der Waals surface area contributed by atoms with Crippen LogP contribution in [0.3, 0.4) is 0 Å². The number of aliphatic imine (C=N–C) groups is 1. The lowest BCUT2D eigenvalue weighted by Crippen LogP contribution is -2.44. The van der Waals surface area contributed by atoms with Gasteiger partial charge in [0.15, 0.2) is 5.96 Å². The number of nitrogens with one attached hydrogen (secondary N) is 3. The van der Waals surface area contributed by atoms with Gasteiger partial charge >= 0.3 is 0 Å². The summed E-state index contributed by atoms with van der Waals surface area (Å²) in [7, 11) is 1.64. The van der Waals surface area contributed by atoms with E-state index in [1.165, 1.54) is 31.2 Å². The quantitative estimate of drug-likeness (QED) is 0.291. The molecule has 1 aliphatic rings. The van der Waals surface area contributed by atoms with Crippen LogP contribution in [0.25, 0.3) is 0 Å². The molecule has 1 aliphatic carbocycles. The predicted octanol–water partition coefficient (Wildman–Crippen LogP) is 4.23. The third-order valence-electron chi connectivity index (χ3n) is 5.75. The van der Waals surface area contributed by atoms with Crippen LogP contribution in [0.15, 0.2) is 59.6 Å². The van der Waals surface area contributed by atoms with Crippen LogP contribution < -0.4 is 16.0 Å². The molecule has 0 radical (unpaired) electrons. The van der Waals surface area contributed by atoms with Crippen molar-refractivity contribution < 1.29 is 4.79 Å². The Morgan fingerprint density at radius 2 is 1.67 bits per heavy atom. The third kappa shape index (κ3) is 6.20. The largest absolute Gasteiger partial charge is 0.357 e. The molecule has 2 aromatic carbocycles. The number of halogens is 1. The Bertz CT molecular complexity index is 815. The minimum atomic E-state index is -0.0715. The van der Waals surface area contributed by atoms with Crippen molar-refractivity contribution in [2.24, 2.45) is 4.99 Å². The van der Waals surface area contributed by atoms with Crippen molar-refractivity contribution in [3.63, 3.8) is 0 Å². The van der Waals surface area contributed by atoms with E-state index in [2.05, 4.69) is 53.2 Å². The highest BCUT2D eigenvalue weighted by molar-refractivity contribution is 14.0. The second kappa shape index (κ2) is 11.9. The highest BCUT2D eigenvalue weighted by Crippen LogP contribution is 2.40. The fourth-order valence-electron chi connectivity index (χ4n) is 4.08. The van der Waals surface area contributed by atoms with Gasteiger partial charge in [-0.15, -0.1) is 24.0 Å². The summed E-state index contributed by atoms with van der Waals surface area (Å²) in [5.41, 5.74) is 3.35. The summed E-state index contributed by atoms with van der Waals surface area (Å²) in [6.07, 6.45) is 4.98. The maximum Gasteiger partial charge on any atom is 0.251 e. The number of nitrogens with zero attached hydrogens (tertiary/aromatic N) is 1. The summed E-state index contributed by atoms with van der Waals surface area (Å²) in [6.45, 7) is 4.36. The Morgan fingerprint density at radius 3 is 2.27 bits per heavy atom. The molecular formula is C24H33IN4O. The van der Waals surface area contributed by atoms with Crippen LogP contribution in [0.5, 0.6) is 0 Å². The molecule has 1 amide bonds. The number of hydrogen-bond donors (Lipinski definition) is 3. The van der Waals surface area contributed by atoms with Gasteiger partial charge < -0.3 is 16.0 Å².